The smallest absolute Gasteiger partial charge is 0.295 e. The van der Waals surface area contributed by atoms with Crippen molar-refractivity contribution in [3.63, 3.8) is 0 Å². The normalized spacial score (nSPS) is 12.2. The van der Waals surface area contributed by atoms with Crippen LogP contribution in [0, 0.1) is 0 Å². The van der Waals surface area contributed by atoms with Crippen LogP contribution in [0.25, 0.3) is 10.8 Å². The van der Waals surface area contributed by atoms with Crippen LogP contribution in [-0.2, 0) is 20.2 Å². The van der Waals surface area contributed by atoms with Gasteiger partial charge in [0.25, 0.3) is 20.2 Å². The van der Waals surface area contributed by atoms with Gasteiger partial charge in [-0.05, 0) is 47.9 Å². The standard InChI is InChI=1S/C17H13NO8S2/c18-10-3-1-9(2-4-10)17(20)16-13-7-11(27(21,22)23)8-14(19)12(13)5-6-15(16)28(24,25)26/h1-8,19H,18H2,(H,21,22,23)(H,24,25,26). The number of hydrogen-bond donors (Lipinski definition) is 4. The first-order valence-electron chi connectivity index (χ1n) is 7.54. The number of benzene rings is 3. The van der Waals surface area contributed by atoms with Gasteiger partial charge in [0.2, 0.25) is 0 Å². The second-order valence-electron chi connectivity index (χ2n) is 5.88. The Morgan fingerprint density at radius 3 is 1.96 bits per heavy atom. The van der Waals surface area contributed by atoms with Crippen LogP contribution in [0.15, 0.2) is 58.3 Å². The molecule has 146 valence electrons. The molecule has 0 saturated heterocycles. The Morgan fingerprint density at radius 1 is 0.821 bits per heavy atom. The minimum Gasteiger partial charge on any atom is -0.507 e. The van der Waals surface area contributed by atoms with Crippen molar-refractivity contribution in [2.75, 3.05) is 5.73 Å². The molecule has 11 heteroatoms. The number of nitrogens with two attached hydrogens (primary N) is 1. The molecule has 0 fully saturated rings. The van der Waals surface area contributed by atoms with Crippen molar-refractivity contribution in [2.24, 2.45) is 0 Å². The number of phenolic OH excluding ortho intramolecular Hbond substituents is 1. The van der Waals surface area contributed by atoms with Crippen molar-refractivity contribution >= 4 is 42.5 Å². The highest BCUT2D eigenvalue weighted by atomic mass is 32.2. The van der Waals surface area contributed by atoms with Crippen molar-refractivity contribution in [3.05, 3.63) is 59.7 Å². The van der Waals surface area contributed by atoms with Gasteiger partial charge in [-0.15, -0.1) is 0 Å². The molecule has 28 heavy (non-hydrogen) atoms. The van der Waals surface area contributed by atoms with Gasteiger partial charge < -0.3 is 10.8 Å². The number of phenols is 1. The SMILES string of the molecule is Nc1ccc(C(=O)c2c(S(=O)(=O)O)ccc3c(O)cc(S(=O)(=O)O)cc23)cc1. The fourth-order valence-electron chi connectivity index (χ4n) is 2.75. The van der Waals surface area contributed by atoms with E-state index >= 15 is 0 Å². The third kappa shape index (κ3) is 3.55. The molecule has 0 amide bonds. The zero-order valence-corrected chi connectivity index (χ0v) is 15.5. The molecule has 3 aromatic rings. The maximum Gasteiger partial charge on any atom is 0.295 e. The number of ketones is 1. The van der Waals surface area contributed by atoms with E-state index in [0.717, 1.165) is 24.3 Å². The monoisotopic (exact) mass is 423 g/mol. The number of carbonyl (C=O) groups is 1. The average Bonchev–Trinajstić information content (AvgIpc) is 2.59. The Kier molecular flexibility index (Phi) is 4.63. The van der Waals surface area contributed by atoms with Gasteiger partial charge in [0.15, 0.2) is 5.78 Å². The molecule has 0 aliphatic rings. The van der Waals surface area contributed by atoms with Crippen LogP contribution in [0.1, 0.15) is 15.9 Å². The number of aromatic hydroxyl groups is 1. The second-order valence-corrected chi connectivity index (χ2v) is 8.69. The summed E-state index contributed by atoms with van der Waals surface area (Å²) in [6.07, 6.45) is 0. The van der Waals surface area contributed by atoms with E-state index in [1.807, 2.05) is 0 Å². The van der Waals surface area contributed by atoms with E-state index in [-0.39, 0.29) is 16.3 Å². The minimum absolute atomic E-state index is 0.00310. The molecule has 3 aromatic carbocycles. The fraction of sp³-hybridized carbons (Fsp3) is 0. The van der Waals surface area contributed by atoms with Gasteiger partial charge in [-0.2, -0.15) is 16.8 Å². The molecule has 9 nitrogen and oxygen atoms in total. The first-order valence-corrected chi connectivity index (χ1v) is 10.4. The first-order chi connectivity index (χ1) is 12.9. The lowest BCUT2D eigenvalue weighted by Gasteiger charge is -2.13. The lowest BCUT2D eigenvalue weighted by molar-refractivity contribution is 0.103. The summed E-state index contributed by atoms with van der Waals surface area (Å²) in [6.45, 7) is 0. The van der Waals surface area contributed by atoms with Crippen molar-refractivity contribution in [1.82, 2.24) is 0 Å². The summed E-state index contributed by atoms with van der Waals surface area (Å²) in [5, 5.41) is 9.76. The molecule has 0 saturated carbocycles. The van der Waals surface area contributed by atoms with Crippen LogP contribution in [0.3, 0.4) is 0 Å². The van der Waals surface area contributed by atoms with E-state index in [2.05, 4.69) is 0 Å². The zero-order chi connectivity index (χ0) is 20.9. The van der Waals surface area contributed by atoms with Crippen molar-refractivity contribution in [3.8, 4) is 5.75 Å². The highest BCUT2D eigenvalue weighted by Crippen LogP contribution is 2.35. The van der Waals surface area contributed by atoms with Gasteiger partial charge in [0.1, 0.15) is 10.6 Å². The van der Waals surface area contributed by atoms with Crippen molar-refractivity contribution in [2.45, 2.75) is 9.79 Å². The predicted molar refractivity (Wildman–Crippen MR) is 99.5 cm³/mol. The molecule has 0 unspecified atom stereocenters. The summed E-state index contributed by atoms with van der Waals surface area (Å²) < 4.78 is 65.4. The average molecular weight is 423 g/mol. The van der Waals surface area contributed by atoms with Gasteiger partial charge in [0, 0.05) is 22.7 Å². The van der Waals surface area contributed by atoms with Crippen LogP contribution in [0.4, 0.5) is 5.69 Å². The zero-order valence-electron chi connectivity index (χ0n) is 13.9. The van der Waals surface area contributed by atoms with E-state index in [1.54, 1.807) is 0 Å². The van der Waals surface area contributed by atoms with Gasteiger partial charge in [-0.3, -0.25) is 13.9 Å². The van der Waals surface area contributed by atoms with E-state index in [9.17, 15) is 35.8 Å². The molecule has 0 aliphatic heterocycles. The quantitative estimate of drug-likeness (QED) is 0.277. The molecule has 5 N–H and O–H groups in total. The Labute approximate surface area is 159 Å². The molecule has 0 heterocycles. The van der Waals surface area contributed by atoms with Crippen LogP contribution in [-0.4, -0.2) is 36.8 Å². The lowest BCUT2D eigenvalue weighted by Crippen LogP contribution is -2.11. The maximum absolute atomic E-state index is 13.0. The van der Waals surface area contributed by atoms with Crippen LogP contribution in [0.2, 0.25) is 0 Å². The Balaban J connectivity index is 2.47. The number of carbonyl (C=O) groups excluding carboxylic acids is 1. The molecule has 0 atom stereocenters. The number of anilines is 1. The van der Waals surface area contributed by atoms with Crippen LogP contribution < -0.4 is 5.73 Å². The highest BCUT2D eigenvalue weighted by molar-refractivity contribution is 7.86. The molecule has 0 spiro atoms. The van der Waals surface area contributed by atoms with E-state index in [4.69, 9.17) is 5.73 Å². The van der Waals surface area contributed by atoms with E-state index in [0.29, 0.717) is 5.69 Å². The first kappa shape index (κ1) is 19.8. The van der Waals surface area contributed by atoms with Gasteiger partial charge >= 0.3 is 0 Å². The molecule has 3 rings (SSSR count). The van der Waals surface area contributed by atoms with Crippen LogP contribution in [0.5, 0.6) is 5.75 Å². The molecular formula is C17H13NO8S2. The molecule has 0 bridgehead atoms. The number of nitrogen functional groups attached to an aromatic ring is 1. The van der Waals surface area contributed by atoms with Gasteiger partial charge in [-0.25, -0.2) is 0 Å². The number of fused-ring (bicyclic) bond motifs is 1. The van der Waals surface area contributed by atoms with Crippen molar-refractivity contribution < 1.29 is 35.8 Å². The summed E-state index contributed by atoms with van der Waals surface area (Å²) in [4.78, 5) is 11.5. The summed E-state index contributed by atoms with van der Waals surface area (Å²) in [7, 11) is -9.66. The largest absolute Gasteiger partial charge is 0.507 e. The summed E-state index contributed by atoms with van der Waals surface area (Å²) in [5.41, 5.74) is 5.35. The Bertz CT molecular complexity index is 1330. The molecule has 0 aromatic heterocycles. The van der Waals surface area contributed by atoms with E-state index < -0.39 is 47.1 Å². The number of hydrogen-bond acceptors (Lipinski definition) is 7. The number of rotatable bonds is 4. The molecular weight excluding hydrogens is 410 g/mol. The molecule has 0 radical (unpaired) electrons. The predicted octanol–water partition coefficient (Wildman–Crippen LogP) is 1.85. The minimum atomic E-state index is -4.89. The second kappa shape index (κ2) is 6.56. The molecule has 0 aliphatic carbocycles. The highest BCUT2D eigenvalue weighted by Gasteiger charge is 2.26. The third-order valence-electron chi connectivity index (χ3n) is 4.02. The Morgan fingerprint density at radius 2 is 1.43 bits per heavy atom. The summed E-state index contributed by atoms with van der Waals surface area (Å²) in [6, 6.07) is 9.02. The third-order valence-corrected chi connectivity index (χ3v) is 5.75. The summed E-state index contributed by atoms with van der Waals surface area (Å²) in [5.74, 6) is -1.48. The fourth-order valence-corrected chi connectivity index (χ4v) is 3.97. The topological polar surface area (TPSA) is 172 Å². The van der Waals surface area contributed by atoms with Gasteiger partial charge in [0.05, 0.1) is 10.5 Å². The van der Waals surface area contributed by atoms with Gasteiger partial charge in [-0.1, -0.05) is 0 Å². The Hall–Kier alpha value is -2.99. The maximum atomic E-state index is 13.0. The lowest BCUT2D eigenvalue weighted by atomic mass is 9.96. The summed E-state index contributed by atoms with van der Waals surface area (Å²) >= 11 is 0. The van der Waals surface area contributed by atoms with Crippen LogP contribution >= 0.6 is 0 Å². The van der Waals surface area contributed by atoms with E-state index in [1.165, 1.54) is 24.3 Å². The van der Waals surface area contributed by atoms with Crippen molar-refractivity contribution in [1.29, 1.82) is 0 Å².